The molecule has 0 spiro atoms. The van der Waals surface area contributed by atoms with E-state index in [-0.39, 0.29) is 5.76 Å². The van der Waals surface area contributed by atoms with E-state index in [0.717, 1.165) is 0 Å². The summed E-state index contributed by atoms with van der Waals surface area (Å²) >= 11 is 1.57. The van der Waals surface area contributed by atoms with Gasteiger partial charge in [-0.05, 0) is 55.2 Å². The van der Waals surface area contributed by atoms with Gasteiger partial charge in [-0.1, -0.05) is 6.07 Å². The van der Waals surface area contributed by atoms with Gasteiger partial charge in [-0.25, -0.2) is 4.39 Å². The fourth-order valence-corrected chi connectivity index (χ4v) is 2.51. The first kappa shape index (κ1) is 18.1. The second-order valence-electron chi connectivity index (χ2n) is 5.24. The van der Waals surface area contributed by atoms with Crippen LogP contribution < -0.4 is 10.6 Å². The van der Waals surface area contributed by atoms with E-state index in [1.807, 2.05) is 6.26 Å². The van der Waals surface area contributed by atoms with Crippen LogP contribution in [0.15, 0.2) is 41.0 Å². The number of carbonyl (C=O) groups is 2. The molecule has 1 unspecified atom stereocenters. The van der Waals surface area contributed by atoms with Gasteiger partial charge in [-0.2, -0.15) is 11.8 Å². The third-order valence-corrected chi connectivity index (χ3v) is 4.06. The van der Waals surface area contributed by atoms with Gasteiger partial charge >= 0.3 is 0 Å². The zero-order chi connectivity index (χ0) is 17.5. The van der Waals surface area contributed by atoms with Crippen LogP contribution in [0, 0.1) is 12.7 Å². The largest absolute Gasteiger partial charge is 0.459 e. The van der Waals surface area contributed by atoms with Crippen molar-refractivity contribution in [2.45, 2.75) is 19.4 Å². The van der Waals surface area contributed by atoms with E-state index in [0.29, 0.717) is 23.4 Å². The first-order valence-corrected chi connectivity index (χ1v) is 8.81. The van der Waals surface area contributed by atoms with Gasteiger partial charge in [0, 0.05) is 5.69 Å². The van der Waals surface area contributed by atoms with Crippen LogP contribution in [-0.4, -0.2) is 29.9 Å². The van der Waals surface area contributed by atoms with Crippen LogP contribution in [0.5, 0.6) is 0 Å². The lowest BCUT2D eigenvalue weighted by Crippen LogP contribution is -2.44. The van der Waals surface area contributed by atoms with Crippen LogP contribution >= 0.6 is 11.8 Å². The van der Waals surface area contributed by atoms with E-state index in [9.17, 15) is 14.0 Å². The molecule has 0 saturated heterocycles. The maximum Gasteiger partial charge on any atom is 0.287 e. The van der Waals surface area contributed by atoms with Crippen molar-refractivity contribution in [2.75, 3.05) is 17.3 Å². The minimum Gasteiger partial charge on any atom is -0.459 e. The smallest absolute Gasteiger partial charge is 0.287 e. The number of carbonyl (C=O) groups excluding carboxylic acids is 2. The number of halogens is 1. The molecule has 5 nitrogen and oxygen atoms in total. The molecule has 0 bridgehead atoms. The van der Waals surface area contributed by atoms with Crippen molar-refractivity contribution in [3.05, 3.63) is 53.7 Å². The predicted molar refractivity (Wildman–Crippen MR) is 92.7 cm³/mol. The van der Waals surface area contributed by atoms with Gasteiger partial charge in [-0.15, -0.1) is 0 Å². The molecule has 24 heavy (non-hydrogen) atoms. The number of furan rings is 1. The summed E-state index contributed by atoms with van der Waals surface area (Å²) in [7, 11) is 0. The van der Waals surface area contributed by atoms with Crippen LogP contribution in [-0.2, 0) is 4.79 Å². The summed E-state index contributed by atoms with van der Waals surface area (Å²) in [4.78, 5) is 24.5. The van der Waals surface area contributed by atoms with Gasteiger partial charge in [0.15, 0.2) is 5.76 Å². The fourth-order valence-electron chi connectivity index (χ4n) is 2.04. The molecular formula is C17H19FN2O3S. The molecule has 1 aromatic heterocycles. The van der Waals surface area contributed by atoms with E-state index in [2.05, 4.69) is 10.6 Å². The molecule has 0 aliphatic carbocycles. The summed E-state index contributed by atoms with van der Waals surface area (Å²) in [6.45, 7) is 1.64. The second kappa shape index (κ2) is 8.54. The average molecular weight is 350 g/mol. The Balaban J connectivity index is 2.06. The zero-order valence-corrected chi connectivity index (χ0v) is 14.3. The standard InChI is InChI=1S/C17H19FN2O3S/c1-11-5-6-12(10-13(11)18)19-16(21)14(7-9-24-2)20-17(22)15-4-3-8-23-15/h3-6,8,10,14H,7,9H2,1-2H3,(H,19,21)(H,20,22). The SMILES string of the molecule is CSCCC(NC(=O)c1ccco1)C(=O)Nc1ccc(C)c(F)c1. The Labute approximate surface area is 144 Å². The quantitative estimate of drug-likeness (QED) is 0.804. The van der Waals surface area contributed by atoms with Crippen molar-refractivity contribution in [1.29, 1.82) is 0 Å². The normalized spacial score (nSPS) is 11.8. The molecule has 1 atom stereocenters. The third kappa shape index (κ3) is 4.86. The molecule has 1 aromatic carbocycles. The number of rotatable bonds is 7. The maximum absolute atomic E-state index is 13.6. The Morgan fingerprint density at radius 2 is 2.12 bits per heavy atom. The monoisotopic (exact) mass is 350 g/mol. The van der Waals surface area contributed by atoms with E-state index < -0.39 is 23.7 Å². The van der Waals surface area contributed by atoms with E-state index in [1.54, 1.807) is 36.9 Å². The molecular weight excluding hydrogens is 331 g/mol. The Hall–Kier alpha value is -2.28. The van der Waals surface area contributed by atoms with Crippen LogP contribution in [0.3, 0.4) is 0 Å². The number of benzene rings is 1. The molecule has 2 N–H and O–H groups in total. The van der Waals surface area contributed by atoms with Gasteiger partial charge in [0.25, 0.3) is 5.91 Å². The van der Waals surface area contributed by atoms with Crippen molar-refractivity contribution in [2.24, 2.45) is 0 Å². The van der Waals surface area contributed by atoms with Gasteiger partial charge in [-0.3, -0.25) is 9.59 Å². The summed E-state index contributed by atoms with van der Waals surface area (Å²) in [5, 5.41) is 5.28. The Morgan fingerprint density at radius 1 is 1.33 bits per heavy atom. The molecule has 2 rings (SSSR count). The van der Waals surface area contributed by atoms with Crippen LogP contribution in [0.1, 0.15) is 22.5 Å². The van der Waals surface area contributed by atoms with Crippen LogP contribution in [0.2, 0.25) is 0 Å². The molecule has 7 heteroatoms. The van der Waals surface area contributed by atoms with Crippen molar-refractivity contribution < 1.29 is 18.4 Å². The molecule has 0 fully saturated rings. The van der Waals surface area contributed by atoms with Gasteiger partial charge < -0.3 is 15.1 Å². The maximum atomic E-state index is 13.6. The highest BCUT2D eigenvalue weighted by Crippen LogP contribution is 2.14. The Bertz CT molecular complexity index is 704. The van der Waals surface area contributed by atoms with Gasteiger partial charge in [0.05, 0.1) is 6.26 Å². The number of hydrogen-bond donors (Lipinski definition) is 2. The van der Waals surface area contributed by atoms with E-state index in [1.165, 1.54) is 18.4 Å². The summed E-state index contributed by atoms with van der Waals surface area (Å²) in [6, 6.07) is 6.85. The number of amides is 2. The van der Waals surface area contributed by atoms with E-state index >= 15 is 0 Å². The zero-order valence-electron chi connectivity index (χ0n) is 13.5. The van der Waals surface area contributed by atoms with Crippen molar-refractivity contribution in [3.63, 3.8) is 0 Å². The van der Waals surface area contributed by atoms with Crippen molar-refractivity contribution in [3.8, 4) is 0 Å². The van der Waals surface area contributed by atoms with Gasteiger partial charge in [0.2, 0.25) is 5.91 Å². The molecule has 0 aliphatic heterocycles. The lowest BCUT2D eigenvalue weighted by molar-refractivity contribution is -0.118. The molecule has 2 aromatic rings. The summed E-state index contributed by atoms with van der Waals surface area (Å²) in [5.74, 6) is -0.423. The lowest BCUT2D eigenvalue weighted by Gasteiger charge is -2.17. The Morgan fingerprint density at radius 3 is 2.75 bits per heavy atom. The number of anilines is 1. The fraction of sp³-hybridized carbons (Fsp3) is 0.294. The molecule has 1 heterocycles. The van der Waals surface area contributed by atoms with E-state index in [4.69, 9.17) is 4.42 Å². The molecule has 2 amide bonds. The lowest BCUT2D eigenvalue weighted by atomic mass is 10.1. The third-order valence-electron chi connectivity index (χ3n) is 3.42. The minimum absolute atomic E-state index is 0.137. The molecule has 0 aliphatic rings. The van der Waals surface area contributed by atoms with Crippen molar-refractivity contribution >= 4 is 29.3 Å². The van der Waals surface area contributed by atoms with Crippen LogP contribution in [0.4, 0.5) is 10.1 Å². The number of hydrogen-bond acceptors (Lipinski definition) is 4. The van der Waals surface area contributed by atoms with Gasteiger partial charge in [0.1, 0.15) is 11.9 Å². The second-order valence-corrected chi connectivity index (χ2v) is 6.22. The van der Waals surface area contributed by atoms with Crippen LogP contribution in [0.25, 0.3) is 0 Å². The highest BCUT2D eigenvalue weighted by Gasteiger charge is 2.22. The number of aryl methyl sites for hydroxylation is 1. The van der Waals surface area contributed by atoms with Crippen molar-refractivity contribution in [1.82, 2.24) is 5.32 Å². The minimum atomic E-state index is -0.737. The summed E-state index contributed by atoms with van der Waals surface area (Å²) in [6.07, 6.45) is 3.76. The average Bonchev–Trinajstić information content (AvgIpc) is 3.09. The molecule has 0 saturated carbocycles. The highest BCUT2D eigenvalue weighted by atomic mass is 32.2. The molecule has 0 radical (unpaired) electrons. The number of nitrogens with one attached hydrogen (secondary N) is 2. The predicted octanol–water partition coefficient (Wildman–Crippen LogP) is 3.22. The first-order chi connectivity index (χ1) is 11.5. The summed E-state index contributed by atoms with van der Waals surface area (Å²) < 4.78 is 18.6. The highest BCUT2D eigenvalue weighted by molar-refractivity contribution is 7.98. The topological polar surface area (TPSA) is 71.3 Å². The first-order valence-electron chi connectivity index (χ1n) is 7.41. The number of thioether (sulfide) groups is 1. The Kier molecular flexibility index (Phi) is 6.43. The molecule has 128 valence electrons. The summed E-state index contributed by atoms with van der Waals surface area (Å²) in [5.41, 5.74) is 0.850.